The maximum atomic E-state index is 12.2. The molecule has 6 N–H and O–H groups in total. The molecule has 2 rings (SSSR count). The minimum atomic E-state index is -4.78. The van der Waals surface area contributed by atoms with Crippen LogP contribution in [-0.4, -0.2) is 17.4 Å². The van der Waals surface area contributed by atoms with Gasteiger partial charge in [0.1, 0.15) is 23.9 Å². The SMILES string of the molecule is NN/C(C(=O)O)=C(\N)Oc1ccc(Cl)c(OCc2ccc(OC(F)(F)F)cc2)c1. The zero-order valence-electron chi connectivity index (χ0n) is 14.5. The second-order valence-corrected chi connectivity index (χ2v) is 5.77. The van der Waals surface area contributed by atoms with Crippen LogP contribution in [0.2, 0.25) is 5.02 Å². The average molecular weight is 434 g/mol. The van der Waals surface area contributed by atoms with E-state index < -0.39 is 23.9 Å². The smallest absolute Gasteiger partial charge is 0.487 e. The molecule has 0 bridgehead atoms. The number of alkyl halides is 3. The number of carboxylic acids is 1. The lowest BCUT2D eigenvalue weighted by Gasteiger charge is -2.13. The van der Waals surface area contributed by atoms with Crippen molar-refractivity contribution in [3.63, 3.8) is 0 Å². The van der Waals surface area contributed by atoms with Gasteiger partial charge in [-0.3, -0.25) is 5.84 Å². The predicted molar refractivity (Wildman–Crippen MR) is 95.7 cm³/mol. The summed E-state index contributed by atoms with van der Waals surface area (Å²) in [6.07, 6.45) is -4.78. The second kappa shape index (κ2) is 9.26. The molecule has 0 spiro atoms. The molecule has 12 heteroatoms. The third-order valence-corrected chi connectivity index (χ3v) is 3.60. The van der Waals surface area contributed by atoms with Crippen molar-refractivity contribution in [1.82, 2.24) is 5.43 Å². The summed E-state index contributed by atoms with van der Waals surface area (Å²) in [6, 6.07) is 9.27. The number of hydrogen-bond donors (Lipinski definition) is 4. The highest BCUT2D eigenvalue weighted by Crippen LogP contribution is 2.31. The molecule has 0 saturated heterocycles. The third kappa shape index (κ3) is 6.66. The largest absolute Gasteiger partial charge is 0.573 e. The Bertz CT molecular complexity index is 904. The van der Waals surface area contributed by atoms with E-state index in [0.717, 1.165) is 12.1 Å². The van der Waals surface area contributed by atoms with Gasteiger partial charge in [0.05, 0.1) is 5.02 Å². The Morgan fingerprint density at radius 2 is 1.76 bits per heavy atom. The van der Waals surface area contributed by atoms with Gasteiger partial charge in [-0.15, -0.1) is 13.2 Å². The molecule has 0 aliphatic rings. The number of carboxylic acid groups (broad SMARTS) is 1. The summed E-state index contributed by atoms with van der Waals surface area (Å²) in [6.45, 7) is -0.0223. The maximum Gasteiger partial charge on any atom is 0.573 e. The van der Waals surface area contributed by atoms with Crippen LogP contribution in [0.15, 0.2) is 54.0 Å². The molecule has 29 heavy (non-hydrogen) atoms. The second-order valence-electron chi connectivity index (χ2n) is 5.36. The van der Waals surface area contributed by atoms with Crippen molar-refractivity contribution in [1.29, 1.82) is 0 Å². The molecule has 0 radical (unpaired) electrons. The van der Waals surface area contributed by atoms with E-state index in [2.05, 4.69) is 4.74 Å². The molecule has 0 amide bonds. The van der Waals surface area contributed by atoms with Crippen LogP contribution in [0.5, 0.6) is 17.2 Å². The van der Waals surface area contributed by atoms with Crippen molar-refractivity contribution in [3.05, 3.63) is 64.6 Å². The number of carbonyl (C=O) groups is 1. The molecule has 0 aromatic heterocycles. The van der Waals surface area contributed by atoms with Gasteiger partial charge < -0.3 is 30.5 Å². The molecular weight excluding hydrogens is 419 g/mol. The van der Waals surface area contributed by atoms with Crippen LogP contribution in [-0.2, 0) is 11.4 Å². The Balaban J connectivity index is 2.08. The van der Waals surface area contributed by atoms with Crippen LogP contribution in [0.4, 0.5) is 13.2 Å². The van der Waals surface area contributed by atoms with Crippen molar-refractivity contribution in [2.24, 2.45) is 11.6 Å². The van der Waals surface area contributed by atoms with Crippen LogP contribution in [0.3, 0.4) is 0 Å². The lowest BCUT2D eigenvalue weighted by Crippen LogP contribution is -2.31. The van der Waals surface area contributed by atoms with Crippen LogP contribution in [0.1, 0.15) is 5.56 Å². The number of rotatable bonds is 8. The van der Waals surface area contributed by atoms with Gasteiger partial charge in [-0.25, -0.2) is 4.79 Å². The van der Waals surface area contributed by atoms with Gasteiger partial charge in [0.25, 0.3) is 0 Å². The first-order valence-electron chi connectivity index (χ1n) is 7.73. The Hall–Kier alpha value is -3.31. The molecule has 0 saturated carbocycles. The van der Waals surface area contributed by atoms with Gasteiger partial charge >= 0.3 is 12.3 Å². The Morgan fingerprint density at radius 1 is 1.14 bits per heavy atom. The van der Waals surface area contributed by atoms with E-state index in [-0.39, 0.29) is 28.9 Å². The lowest BCUT2D eigenvalue weighted by molar-refractivity contribution is -0.274. The van der Waals surface area contributed by atoms with Crippen molar-refractivity contribution < 1.29 is 37.3 Å². The Labute approximate surface area is 167 Å². The van der Waals surface area contributed by atoms with Crippen molar-refractivity contribution in [3.8, 4) is 17.2 Å². The summed E-state index contributed by atoms with van der Waals surface area (Å²) in [5.74, 6) is 3.08. The zero-order chi connectivity index (χ0) is 21.6. The van der Waals surface area contributed by atoms with E-state index in [0.29, 0.717) is 5.56 Å². The van der Waals surface area contributed by atoms with E-state index in [1.165, 1.54) is 30.3 Å². The molecule has 2 aromatic carbocycles. The van der Waals surface area contributed by atoms with Gasteiger partial charge in [0.2, 0.25) is 5.88 Å². The molecule has 8 nitrogen and oxygen atoms in total. The summed E-state index contributed by atoms with van der Waals surface area (Å²) in [5, 5.41) is 9.15. The maximum absolute atomic E-state index is 12.2. The van der Waals surface area contributed by atoms with Crippen LogP contribution < -0.4 is 31.2 Å². The highest BCUT2D eigenvalue weighted by molar-refractivity contribution is 6.32. The normalized spacial score (nSPS) is 12.0. The minimum absolute atomic E-state index is 0.0223. The standard InChI is InChI=1S/C17H15ClF3N3O5/c18-12-6-5-11(28-15(22)14(24-23)16(25)26)7-13(12)27-8-9-1-3-10(4-2-9)29-17(19,20)21/h1-7,24H,8,22-23H2,(H,25,26)/b15-14+. The summed E-state index contributed by atoms with van der Waals surface area (Å²) < 4.78 is 51.0. The van der Waals surface area contributed by atoms with Crippen molar-refractivity contribution in [2.45, 2.75) is 13.0 Å². The van der Waals surface area contributed by atoms with Gasteiger partial charge in [-0.2, -0.15) is 0 Å². The molecular formula is C17H15ClF3N3O5. The number of benzene rings is 2. The van der Waals surface area contributed by atoms with Gasteiger partial charge in [0, 0.05) is 6.07 Å². The molecule has 0 unspecified atom stereocenters. The summed E-state index contributed by atoms with van der Waals surface area (Å²) in [7, 11) is 0. The number of hydrazine groups is 1. The molecule has 156 valence electrons. The number of nitrogens with one attached hydrogen (secondary N) is 1. The van der Waals surface area contributed by atoms with Gasteiger partial charge in [0.15, 0.2) is 5.70 Å². The predicted octanol–water partition coefficient (Wildman–Crippen LogP) is 2.87. The van der Waals surface area contributed by atoms with E-state index in [1.54, 1.807) is 0 Å². The number of nitrogens with two attached hydrogens (primary N) is 2. The molecule has 0 fully saturated rings. The lowest BCUT2D eigenvalue weighted by atomic mass is 10.2. The van der Waals surface area contributed by atoms with E-state index in [9.17, 15) is 18.0 Å². The molecule has 0 atom stereocenters. The summed E-state index contributed by atoms with van der Waals surface area (Å²) in [4.78, 5) is 11.0. The first-order valence-corrected chi connectivity index (χ1v) is 8.11. The number of hydrogen-bond acceptors (Lipinski definition) is 7. The van der Waals surface area contributed by atoms with Gasteiger partial charge in [-0.1, -0.05) is 23.7 Å². The van der Waals surface area contributed by atoms with Crippen LogP contribution >= 0.6 is 11.6 Å². The summed E-state index contributed by atoms with van der Waals surface area (Å²) >= 11 is 6.04. The first kappa shape index (κ1) is 22.0. The fourth-order valence-electron chi connectivity index (χ4n) is 2.02. The average Bonchev–Trinajstić information content (AvgIpc) is 2.62. The van der Waals surface area contributed by atoms with Gasteiger partial charge in [-0.05, 0) is 29.8 Å². The fraction of sp³-hybridized carbons (Fsp3) is 0.118. The van der Waals surface area contributed by atoms with E-state index in [1.807, 2.05) is 5.43 Å². The Kier molecular flexibility index (Phi) is 7.02. The first-order chi connectivity index (χ1) is 13.6. The molecule has 0 heterocycles. The van der Waals surface area contributed by atoms with Crippen molar-refractivity contribution >= 4 is 17.6 Å². The topological polar surface area (TPSA) is 129 Å². The van der Waals surface area contributed by atoms with E-state index in [4.69, 9.17) is 37.8 Å². The highest BCUT2D eigenvalue weighted by Gasteiger charge is 2.30. The third-order valence-electron chi connectivity index (χ3n) is 3.29. The number of aliphatic carboxylic acids is 1. The monoisotopic (exact) mass is 433 g/mol. The van der Waals surface area contributed by atoms with Crippen LogP contribution in [0.25, 0.3) is 0 Å². The minimum Gasteiger partial charge on any atom is -0.487 e. The molecule has 0 aliphatic carbocycles. The summed E-state index contributed by atoms with van der Waals surface area (Å²) in [5.41, 5.74) is 7.44. The van der Waals surface area contributed by atoms with Crippen LogP contribution in [0, 0.1) is 0 Å². The molecule has 2 aromatic rings. The fourth-order valence-corrected chi connectivity index (χ4v) is 2.19. The number of halogens is 4. The highest BCUT2D eigenvalue weighted by atomic mass is 35.5. The quantitative estimate of drug-likeness (QED) is 0.216. The number of ether oxygens (including phenoxy) is 3. The Morgan fingerprint density at radius 3 is 2.31 bits per heavy atom. The molecule has 0 aliphatic heterocycles. The zero-order valence-corrected chi connectivity index (χ0v) is 15.3. The van der Waals surface area contributed by atoms with Crippen molar-refractivity contribution in [2.75, 3.05) is 0 Å². The van der Waals surface area contributed by atoms with E-state index >= 15 is 0 Å².